The van der Waals surface area contributed by atoms with Crippen molar-refractivity contribution in [3.63, 3.8) is 0 Å². The number of benzene rings is 1. The normalized spacial score (nSPS) is 21.6. The average molecular weight is 252 g/mol. The molecule has 2 aliphatic rings. The summed E-state index contributed by atoms with van der Waals surface area (Å²) < 4.78 is 5.96. The molecule has 1 aliphatic heterocycles. The van der Waals surface area contributed by atoms with E-state index >= 15 is 0 Å². The minimum atomic E-state index is -0.684. The lowest BCUT2D eigenvalue weighted by Crippen LogP contribution is -2.52. The fraction of sp³-hybridized carbons (Fsp3) is 0.462. The SMILES string of the molecule is O=C1Nc2cccc(Cl)c2OC12CCCCC2. The lowest BCUT2D eigenvalue weighted by atomic mass is 9.83. The van der Waals surface area contributed by atoms with Gasteiger partial charge in [0.05, 0.1) is 10.7 Å². The van der Waals surface area contributed by atoms with Crippen LogP contribution in [0.4, 0.5) is 5.69 Å². The summed E-state index contributed by atoms with van der Waals surface area (Å²) in [7, 11) is 0. The fourth-order valence-electron chi connectivity index (χ4n) is 2.64. The van der Waals surface area contributed by atoms with Gasteiger partial charge in [0.15, 0.2) is 11.4 Å². The summed E-state index contributed by atoms with van der Waals surface area (Å²) in [4.78, 5) is 12.2. The van der Waals surface area contributed by atoms with Gasteiger partial charge in [-0.15, -0.1) is 0 Å². The van der Waals surface area contributed by atoms with Crippen molar-refractivity contribution < 1.29 is 9.53 Å². The Hall–Kier alpha value is -1.22. The molecule has 17 heavy (non-hydrogen) atoms. The highest BCUT2D eigenvalue weighted by atomic mass is 35.5. The molecule has 1 aromatic carbocycles. The van der Waals surface area contributed by atoms with Crippen LogP contribution in [0, 0.1) is 0 Å². The monoisotopic (exact) mass is 251 g/mol. The maximum Gasteiger partial charge on any atom is 0.268 e. The van der Waals surface area contributed by atoms with Crippen LogP contribution in [0.25, 0.3) is 0 Å². The third-order valence-corrected chi connectivity index (χ3v) is 3.89. The van der Waals surface area contributed by atoms with Crippen molar-refractivity contribution in [1.82, 2.24) is 0 Å². The minimum Gasteiger partial charge on any atom is -0.474 e. The van der Waals surface area contributed by atoms with Gasteiger partial charge < -0.3 is 10.1 Å². The van der Waals surface area contributed by atoms with Crippen molar-refractivity contribution in [2.45, 2.75) is 37.7 Å². The van der Waals surface area contributed by atoms with E-state index in [1.54, 1.807) is 6.07 Å². The summed E-state index contributed by atoms with van der Waals surface area (Å²) >= 11 is 6.12. The number of halogens is 1. The van der Waals surface area contributed by atoms with Gasteiger partial charge in [0, 0.05) is 0 Å². The highest BCUT2D eigenvalue weighted by Gasteiger charge is 2.45. The van der Waals surface area contributed by atoms with Crippen molar-refractivity contribution in [2.24, 2.45) is 0 Å². The van der Waals surface area contributed by atoms with Gasteiger partial charge in [-0.25, -0.2) is 0 Å². The van der Waals surface area contributed by atoms with E-state index in [4.69, 9.17) is 16.3 Å². The lowest BCUT2D eigenvalue weighted by Gasteiger charge is -2.40. The van der Waals surface area contributed by atoms with Crippen LogP contribution in [0.15, 0.2) is 18.2 Å². The van der Waals surface area contributed by atoms with E-state index in [2.05, 4.69) is 5.32 Å². The standard InChI is InChI=1S/C13H14ClNO2/c14-9-5-4-6-10-11(9)17-13(12(16)15-10)7-2-1-3-8-13/h4-6H,1-3,7-8H2,(H,15,16). The smallest absolute Gasteiger partial charge is 0.268 e. The number of rotatable bonds is 0. The molecule has 0 radical (unpaired) electrons. The molecule has 1 heterocycles. The Bertz CT molecular complexity index is 466. The molecule has 1 amide bonds. The molecule has 1 saturated carbocycles. The second-order valence-electron chi connectivity index (χ2n) is 4.73. The Balaban J connectivity index is 2.01. The van der Waals surface area contributed by atoms with Crippen LogP contribution in [0.3, 0.4) is 0 Å². The Morgan fingerprint density at radius 3 is 2.76 bits per heavy atom. The summed E-state index contributed by atoms with van der Waals surface area (Å²) in [5.41, 5.74) is -0.00493. The molecular formula is C13H14ClNO2. The summed E-state index contributed by atoms with van der Waals surface area (Å²) in [5, 5.41) is 3.48. The number of hydrogen-bond acceptors (Lipinski definition) is 2. The maximum absolute atomic E-state index is 12.2. The first kappa shape index (κ1) is 10.9. The number of nitrogens with one attached hydrogen (secondary N) is 1. The van der Waals surface area contributed by atoms with Crippen molar-refractivity contribution in [3.05, 3.63) is 23.2 Å². The van der Waals surface area contributed by atoms with E-state index in [9.17, 15) is 4.79 Å². The molecule has 1 fully saturated rings. The number of anilines is 1. The Morgan fingerprint density at radius 2 is 2.00 bits per heavy atom. The van der Waals surface area contributed by atoms with Gasteiger partial charge in [0.25, 0.3) is 5.91 Å². The summed E-state index contributed by atoms with van der Waals surface area (Å²) in [6, 6.07) is 5.41. The molecule has 0 bridgehead atoms. The van der Waals surface area contributed by atoms with Crippen LogP contribution in [0.2, 0.25) is 5.02 Å². The van der Waals surface area contributed by atoms with E-state index in [0.29, 0.717) is 16.5 Å². The van der Waals surface area contributed by atoms with Crippen LogP contribution < -0.4 is 10.1 Å². The van der Waals surface area contributed by atoms with Crippen LogP contribution >= 0.6 is 11.6 Å². The topological polar surface area (TPSA) is 38.3 Å². The molecular weight excluding hydrogens is 238 g/mol. The van der Waals surface area contributed by atoms with E-state index in [-0.39, 0.29) is 5.91 Å². The quantitative estimate of drug-likeness (QED) is 0.768. The van der Waals surface area contributed by atoms with E-state index in [1.165, 1.54) is 6.42 Å². The first-order valence-corrected chi connectivity index (χ1v) is 6.38. The number of carbonyl (C=O) groups excluding carboxylic acids is 1. The lowest BCUT2D eigenvalue weighted by molar-refractivity contribution is -0.135. The number of amides is 1. The predicted octanol–water partition coefficient (Wildman–Crippen LogP) is 3.37. The maximum atomic E-state index is 12.2. The van der Waals surface area contributed by atoms with Gasteiger partial charge in [0.2, 0.25) is 0 Å². The molecule has 3 rings (SSSR count). The first-order valence-electron chi connectivity index (χ1n) is 6.00. The molecule has 1 spiro atoms. The highest BCUT2D eigenvalue weighted by molar-refractivity contribution is 6.32. The largest absolute Gasteiger partial charge is 0.474 e. The molecule has 1 N–H and O–H groups in total. The van der Waals surface area contributed by atoms with Crippen molar-refractivity contribution in [2.75, 3.05) is 5.32 Å². The molecule has 3 nitrogen and oxygen atoms in total. The Morgan fingerprint density at radius 1 is 1.24 bits per heavy atom. The number of hydrogen-bond donors (Lipinski definition) is 1. The van der Waals surface area contributed by atoms with Gasteiger partial charge in [-0.1, -0.05) is 24.1 Å². The second-order valence-corrected chi connectivity index (χ2v) is 5.13. The van der Waals surface area contributed by atoms with Crippen LogP contribution in [-0.4, -0.2) is 11.5 Å². The van der Waals surface area contributed by atoms with Gasteiger partial charge in [-0.3, -0.25) is 4.79 Å². The Labute approximate surface area is 105 Å². The second kappa shape index (κ2) is 3.91. The third-order valence-electron chi connectivity index (χ3n) is 3.59. The molecule has 0 atom stereocenters. The molecule has 90 valence electrons. The average Bonchev–Trinajstić information content (AvgIpc) is 2.34. The zero-order valence-corrected chi connectivity index (χ0v) is 10.2. The molecule has 1 aliphatic carbocycles. The zero-order valence-electron chi connectivity index (χ0n) is 9.46. The molecule has 0 saturated heterocycles. The van der Waals surface area contributed by atoms with E-state index < -0.39 is 5.60 Å². The summed E-state index contributed by atoms with van der Waals surface area (Å²) in [5.74, 6) is 0.600. The fourth-order valence-corrected chi connectivity index (χ4v) is 2.85. The molecule has 4 heteroatoms. The molecule has 1 aromatic rings. The number of fused-ring (bicyclic) bond motifs is 1. The summed E-state index contributed by atoms with van der Waals surface area (Å²) in [6.07, 6.45) is 4.81. The van der Waals surface area contributed by atoms with Crippen LogP contribution in [0.5, 0.6) is 5.75 Å². The van der Waals surface area contributed by atoms with Gasteiger partial charge in [0.1, 0.15) is 0 Å². The number of carbonyl (C=O) groups is 1. The highest BCUT2D eigenvalue weighted by Crippen LogP contribution is 2.44. The van der Waals surface area contributed by atoms with E-state index in [1.807, 2.05) is 12.1 Å². The molecule has 0 aromatic heterocycles. The summed E-state index contributed by atoms with van der Waals surface area (Å²) in [6.45, 7) is 0. The van der Waals surface area contributed by atoms with Crippen molar-refractivity contribution >= 4 is 23.2 Å². The van der Waals surface area contributed by atoms with Gasteiger partial charge in [-0.2, -0.15) is 0 Å². The van der Waals surface area contributed by atoms with Crippen molar-refractivity contribution in [1.29, 1.82) is 0 Å². The van der Waals surface area contributed by atoms with E-state index in [0.717, 1.165) is 25.7 Å². The Kier molecular flexibility index (Phi) is 2.51. The zero-order chi connectivity index (χ0) is 11.9. The van der Waals surface area contributed by atoms with Gasteiger partial charge in [-0.05, 0) is 37.8 Å². The third kappa shape index (κ3) is 1.69. The first-order chi connectivity index (χ1) is 8.21. The minimum absolute atomic E-state index is 0.0213. The number of para-hydroxylation sites is 1. The van der Waals surface area contributed by atoms with Crippen LogP contribution in [-0.2, 0) is 4.79 Å². The van der Waals surface area contributed by atoms with Crippen LogP contribution in [0.1, 0.15) is 32.1 Å². The van der Waals surface area contributed by atoms with Crippen molar-refractivity contribution in [3.8, 4) is 5.75 Å². The van der Waals surface area contributed by atoms with Gasteiger partial charge >= 0.3 is 0 Å². The molecule has 0 unspecified atom stereocenters. The predicted molar refractivity (Wildman–Crippen MR) is 66.5 cm³/mol. The number of ether oxygens (including phenoxy) is 1.